The van der Waals surface area contributed by atoms with E-state index < -0.39 is 0 Å². The van der Waals surface area contributed by atoms with E-state index in [9.17, 15) is 4.79 Å². The van der Waals surface area contributed by atoms with Crippen LogP contribution in [0.25, 0.3) is 6.08 Å². The second-order valence-corrected chi connectivity index (χ2v) is 5.25. The molecule has 0 bridgehead atoms. The van der Waals surface area contributed by atoms with Crippen LogP contribution in [0.2, 0.25) is 0 Å². The van der Waals surface area contributed by atoms with Crippen molar-refractivity contribution in [2.24, 2.45) is 5.10 Å². The summed E-state index contributed by atoms with van der Waals surface area (Å²) in [5, 5.41) is 3.89. The Bertz CT molecular complexity index is 697. The summed E-state index contributed by atoms with van der Waals surface area (Å²) in [7, 11) is 1.52. The van der Waals surface area contributed by atoms with Gasteiger partial charge < -0.3 is 4.74 Å². The molecular weight excluding hydrogens is 344 g/mol. The fourth-order valence-corrected chi connectivity index (χ4v) is 2.14. The number of allylic oxidation sites excluding steroid dienone is 1. The number of amides is 1. The van der Waals surface area contributed by atoms with Gasteiger partial charge in [0.25, 0.3) is 5.91 Å². The van der Waals surface area contributed by atoms with Gasteiger partial charge in [-0.25, -0.2) is 5.43 Å². The monoisotopic (exact) mass is 358 g/mol. The van der Waals surface area contributed by atoms with Crippen molar-refractivity contribution in [2.75, 3.05) is 7.11 Å². The fraction of sp³-hybridized carbons (Fsp3) is 0.0588. The summed E-state index contributed by atoms with van der Waals surface area (Å²) in [5.74, 6) is 0.165. The number of carbonyl (C=O) groups excluding carboxylic acids is 1. The van der Waals surface area contributed by atoms with Crippen molar-refractivity contribution < 1.29 is 9.53 Å². The van der Waals surface area contributed by atoms with Crippen molar-refractivity contribution in [3.05, 3.63) is 70.2 Å². The second kappa shape index (κ2) is 8.14. The van der Waals surface area contributed by atoms with Crippen LogP contribution in [0.5, 0.6) is 5.75 Å². The first-order valence-electron chi connectivity index (χ1n) is 6.59. The predicted molar refractivity (Wildman–Crippen MR) is 92.1 cm³/mol. The maximum Gasteiger partial charge on any atom is 0.275 e. The summed E-state index contributed by atoms with van der Waals surface area (Å²) in [6.07, 6.45) is 5.18. The summed E-state index contributed by atoms with van der Waals surface area (Å²) in [6.45, 7) is 0. The molecule has 1 amide bonds. The highest BCUT2D eigenvalue weighted by Gasteiger charge is 2.11. The number of hydrogen-bond donors (Lipinski definition) is 1. The predicted octanol–water partition coefficient (Wildman–Crippen LogP) is 3.89. The third kappa shape index (κ3) is 4.56. The Balaban J connectivity index is 1.97. The maximum absolute atomic E-state index is 12.1. The van der Waals surface area contributed by atoms with E-state index in [0.29, 0.717) is 11.3 Å². The number of benzene rings is 2. The van der Waals surface area contributed by atoms with Gasteiger partial charge in [0, 0.05) is 10.7 Å². The molecule has 2 rings (SSSR count). The van der Waals surface area contributed by atoms with Crippen molar-refractivity contribution in [3.63, 3.8) is 0 Å². The molecule has 0 saturated carbocycles. The lowest BCUT2D eigenvalue weighted by atomic mass is 10.2. The van der Waals surface area contributed by atoms with Crippen molar-refractivity contribution in [2.45, 2.75) is 0 Å². The number of carbonyl (C=O) groups is 1. The van der Waals surface area contributed by atoms with E-state index in [0.717, 1.165) is 10.0 Å². The number of ether oxygens (including phenoxy) is 1. The van der Waals surface area contributed by atoms with Crippen LogP contribution in [0.1, 0.15) is 15.9 Å². The number of nitrogens with one attached hydrogen (secondary N) is 1. The van der Waals surface area contributed by atoms with E-state index in [2.05, 4.69) is 26.5 Å². The number of nitrogens with zero attached hydrogens (tertiary/aromatic N) is 1. The standard InChI is InChI=1S/C17H15BrN2O2/c1-22-16-10-9-14(18)12-15(16)17(21)20-19-11-5-8-13-6-3-2-4-7-13/h2-12H,1H3,(H,20,21)/b8-5+,19-11+. The summed E-state index contributed by atoms with van der Waals surface area (Å²) in [4.78, 5) is 12.1. The summed E-state index contributed by atoms with van der Waals surface area (Å²) < 4.78 is 5.96. The first-order chi connectivity index (χ1) is 10.7. The number of hydrazone groups is 1. The zero-order valence-electron chi connectivity index (χ0n) is 12.0. The van der Waals surface area contributed by atoms with Gasteiger partial charge in [0.1, 0.15) is 5.75 Å². The van der Waals surface area contributed by atoms with Gasteiger partial charge >= 0.3 is 0 Å². The van der Waals surface area contributed by atoms with Gasteiger partial charge in [-0.15, -0.1) is 0 Å². The Kier molecular flexibility index (Phi) is 5.91. The van der Waals surface area contributed by atoms with E-state index in [1.807, 2.05) is 42.5 Å². The molecule has 0 aromatic heterocycles. The van der Waals surface area contributed by atoms with E-state index in [1.54, 1.807) is 18.2 Å². The highest BCUT2D eigenvalue weighted by Crippen LogP contribution is 2.22. The zero-order chi connectivity index (χ0) is 15.8. The Labute approximate surface area is 137 Å². The molecule has 112 valence electrons. The van der Waals surface area contributed by atoms with Crippen LogP contribution in [-0.4, -0.2) is 19.2 Å². The molecule has 0 fully saturated rings. The topological polar surface area (TPSA) is 50.7 Å². The van der Waals surface area contributed by atoms with Crippen LogP contribution in [0, 0.1) is 0 Å². The maximum atomic E-state index is 12.1. The van der Waals surface area contributed by atoms with Gasteiger partial charge in [0.2, 0.25) is 0 Å². The SMILES string of the molecule is COc1ccc(Br)cc1C(=O)N/N=C/C=C/c1ccccc1. The second-order valence-electron chi connectivity index (χ2n) is 4.33. The molecule has 5 heteroatoms. The minimum absolute atomic E-state index is 0.331. The minimum atomic E-state index is -0.331. The first-order valence-corrected chi connectivity index (χ1v) is 7.38. The average molecular weight is 359 g/mol. The van der Waals surface area contributed by atoms with Crippen molar-refractivity contribution >= 4 is 34.1 Å². The molecule has 0 saturated heterocycles. The smallest absolute Gasteiger partial charge is 0.275 e. The van der Waals surface area contributed by atoms with Crippen LogP contribution >= 0.6 is 15.9 Å². The first kappa shape index (κ1) is 16.0. The number of rotatable bonds is 5. The van der Waals surface area contributed by atoms with Gasteiger partial charge in [0.05, 0.1) is 12.7 Å². The van der Waals surface area contributed by atoms with Gasteiger partial charge in [-0.05, 0) is 29.8 Å². The van der Waals surface area contributed by atoms with Crippen LogP contribution in [0.4, 0.5) is 0 Å². The normalized spacial score (nSPS) is 11.0. The molecule has 2 aromatic carbocycles. The van der Waals surface area contributed by atoms with Crippen molar-refractivity contribution in [3.8, 4) is 5.75 Å². The molecule has 4 nitrogen and oxygen atoms in total. The molecule has 0 aliphatic carbocycles. The van der Waals surface area contributed by atoms with Gasteiger partial charge in [-0.2, -0.15) is 5.10 Å². The molecule has 0 aliphatic heterocycles. The highest BCUT2D eigenvalue weighted by molar-refractivity contribution is 9.10. The molecule has 0 heterocycles. The number of hydrogen-bond acceptors (Lipinski definition) is 3. The van der Waals surface area contributed by atoms with E-state index in [-0.39, 0.29) is 5.91 Å². The Morgan fingerprint density at radius 2 is 2.00 bits per heavy atom. The molecular formula is C17H15BrN2O2. The summed E-state index contributed by atoms with van der Waals surface area (Å²) in [6, 6.07) is 15.0. The van der Waals surface area contributed by atoms with E-state index in [1.165, 1.54) is 13.3 Å². The molecule has 0 atom stereocenters. The molecule has 0 unspecified atom stereocenters. The Morgan fingerprint density at radius 3 is 2.73 bits per heavy atom. The minimum Gasteiger partial charge on any atom is -0.496 e. The summed E-state index contributed by atoms with van der Waals surface area (Å²) in [5.41, 5.74) is 3.95. The van der Waals surface area contributed by atoms with Crippen LogP contribution in [0.3, 0.4) is 0 Å². The van der Waals surface area contributed by atoms with Gasteiger partial charge in [-0.3, -0.25) is 4.79 Å². The largest absolute Gasteiger partial charge is 0.496 e. The molecule has 2 aromatic rings. The molecule has 0 spiro atoms. The van der Waals surface area contributed by atoms with E-state index in [4.69, 9.17) is 4.74 Å². The number of halogens is 1. The average Bonchev–Trinajstić information content (AvgIpc) is 2.55. The van der Waals surface area contributed by atoms with Crippen molar-refractivity contribution in [1.29, 1.82) is 0 Å². The quantitative estimate of drug-likeness (QED) is 0.651. The molecule has 0 aliphatic rings. The Morgan fingerprint density at radius 1 is 1.23 bits per heavy atom. The van der Waals surface area contributed by atoms with E-state index >= 15 is 0 Å². The molecule has 1 N–H and O–H groups in total. The highest BCUT2D eigenvalue weighted by atomic mass is 79.9. The van der Waals surface area contributed by atoms with Gasteiger partial charge in [0.15, 0.2) is 0 Å². The van der Waals surface area contributed by atoms with Crippen LogP contribution in [-0.2, 0) is 0 Å². The third-order valence-corrected chi connectivity index (χ3v) is 3.31. The van der Waals surface area contributed by atoms with Crippen LogP contribution in [0.15, 0.2) is 64.2 Å². The lowest BCUT2D eigenvalue weighted by Crippen LogP contribution is -2.18. The van der Waals surface area contributed by atoms with Gasteiger partial charge in [-0.1, -0.05) is 52.3 Å². The lowest BCUT2D eigenvalue weighted by Gasteiger charge is -2.07. The zero-order valence-corrected chi connectivity index (χ0v) is 13.6. The lowest BCUT2D eigenvalue weighted by molar-refractivity contribution is 0.0952. The van der Waals surface area contributed by atoms with Crippen molar-refractivity contribution in [1.82, 2.24) is 5.43 Å². The van der Waals surface area contributed by atoms with Crippen LogP contribution < -0.4 is 10.2 Å². The molecule has 0 radical (unpaired) electrons. The third-order valence-electron chi connectivity index (χ3n) is 2.82. The Hall–Kier alpha value is -2.40. The molecule has 22 heavy (non-hydrogen) atoms. The summed E-state index contributed by atoms with van der Waals surface area (Å²) >= 11 is 3.33. The fourth-order valence-electron chi connectivity index (χ4n) is 1.78. The number of methoxy groups -OCH3 is 1.